The topological polar surface area (TPSA) is 38.8 Å². The first kappa shape index (κ1) is 19.0. The van der Waals surface area contributed by atoms with Gasteiger partial charge in [-0.25, -0.2) is 0 Å². The summed E-state index contributed by atoms with van der Waals surface area (Å²) >= 11 is 0. The van der Waals surface area contributed by atoms with Crippen LogP contribution in [-0.2, 0) is 17.8 Å². The summed E-state index contributed by atoms with van der Waals surface area (Å²) in [7, 11) is 0. The van der Waals surface area contributed by atoms with E-state index in [-0.39, 0.29) is 24.2 Å². The van der Waals surface area contributed by atoms with Crippen molar-refractivity contribution in [3.8, 4) is 11.5 Å². The molecule has 33 heavy (non-hydrogen) atoms. The Labute approximate surface area is 193 Å². The van der Waals surface area contributed by atoms with Gasteiger partial charge in [-0.1, -0.05) is 60.7 Å². The van der Waals surface area contributed by atoms with E-state index in [0.717, 1.165) is 48.3 Å². The van der Waals surface area contributed by atoms with Gasteiger partial charge in [0.15, 0.2) is 11.5 Å². The smallest absolute Gasteiger partial charge is 0.255 e. The molecule has 0 bridgehead atoms. The number of fused-ring (bicyclic) bond motifs is 3. The molecule has 2 unspecified atom stereocenters. The summed E-state index contributed by atoms with van der Waals surface area (Å²) in [4.78, 5) is 16.3. The highest BCUT2D eigenvalue weighted by Gasteiger charge is 2.59. The lowest BCUT2D eigenvalue weighted by atomic mass is 9.61. The van der Waals surface area contributed by atoms with Gasteiger partial charge >= 0.3 is 0 Å². The summed E-state index contributed by atoms with van der Waals surface area (Å²) in [5.74, 6) is 2.04. The molecule has 1 saturated carbocycles. The van der Waals surface area contributed by atoms with Gasteiger partial charge in [0.1, 0.15) is 0 Å². The minimum atomic E-state index is -0.331. The van der Waals surface area contributed by atoms with Crippen LogP contribution in [0.3, 0.4) is 0 Å². The van der Waals surface area contributed by atoms with Crippen LogP contribution in [0, 0.1) is 0 Å². The number of carbonyl (C=O) groups excluding carboxylic acids is 1. The predicted octanol–water partition coefficient (Wildman–Crippen LogP) is 5.47. The maximum Gasteiger partial charge on any atom is 0.255 e. The standard InChI is InChI=1S/C29H25NO3/c31-28-27(20-10-5-2-6-11-20)24-13-7-12-23-22-15-26-25(32-18-33-26)14-21(22)17-30(28)29(23,24)16-19-8-3-1-4-9-19/h1-6,8-11,14-15,23H,7,12-13,16-18H2. The van der Waals surface area contributed by atoms with Crippen molar-refractivity contribution in [3.63, 3.8) is 0 Å². The Balaban J connectivity index is 1.47. The van der Waals surface area contributed by atoms with Crippen LogP contribution in [0.1, 0.15) is 47.4 Å². The average molecular weight is 436 g/mol. The lowest BCUT2D eigenvalue weighted by molar-refractivity contribution is -0.130. The van der Waals surface area contributed by atoms with E-state index in [4.69, 9.17) is 9.47 Å². The Bertz CT molecular complexity index is 1300. The van der Waals surface area contributed by atoms with Crippen LogP contribution in [0.15, 0.2) is 78.4 Å². The van der Waals surface area contributed by atoms with Crippen molar-refractivity contribution in [2.24, 2.45) is 0 Å². The lowest BCUT2D eigenvalue weighted by Crippen LogP contribution is -2.57. The Morgan fingerprint density at radius 2 is 1.67 bits per heavy atom. The third-order valence-electron chi connectivity index (χ3n) is 7.98. The molecule has 3 aromatic carbocycles. The zero-order chi connectivity index (χ0) is 22.0. The monoisotopic (exact) mass is 435 g/mol. The minimum absolute atomic E-state index is 0.169. The molecule has 1 aliphatic carbocycles. The average Bonchev–Trinajstić information content (AvgIpc) is 3.40. The third kappa shape index (κ3) is 2.61. The van der Waals surface area contributed by atoms with Crippen molar-refractivity contribution in [3.05, 3.63) is 101 Å². The number of nitrogens with zero attached hydrogens (tertiary/aromatic N) is 1. The van der Waals surface area contributed by atoms with Gasteiger partial charge in [-0.15, -0.1) is 0 Å². The van der Waals surface area contributed by atoms with Crippen molar-refractivity contribution in [1.82, 2.24) is 4.90 Å². The van der Waals surface area contributed by atoms with E-state index in [1.807, 2.05) is 18.2 Å². The van der Waals surface area contributed by atoms with E-state index in [9.17, 15) is 4.79 Å². The molecule has 0 N–H and O–H groups in total. The van der Waals surface area contributed by atoms with E-state index in [1.54, 1.807) is 0 Å². The van der Waals surface area contributed by atoms with Gasteiger partial charge in [0.05, 0.1) is 5.54 Å². The first-order valence-corrected chi connectivity index (χ1v) is 11.8. The van der Waals surface area contributed by atoms with Gasteiger partial charge in [-0.2, -0.15) is 0 Å². The molecule has 4 aliphatic rings. The van der Waals surface area contributed by atoms with Crippen molar-refractivity contribution in [2.75, 3.05) is 6.79 Å². The maximum absolute atomic E-state index is 14.1. The summed E-state index contributed by atoms with van der Waals surface area (Å²) in [6.07, 6.45) is 3.95. The van der Waals surface area contributed by atoms with Crippen LogP contribution < -0.4 is 9.47 Å². The molecular weight excluding hydrogens is 410 g/mol. The number of hydrogen-bond donors (Lipinski definition) is 0. The normalized spacial score (nSPS) is 24.7. The number of rotatable bonds is 3. The van der Waals surface area contributed by atoms with E-state index in [0.29, 0.717) is 6.54 Å². The lowest BCUT2D eigenvalue weighted by Gasteiger charge is -2.53. The van der Waals surface area contributed by atoms with Gasteiger partial charge in [0, 0.05) is 24.5 Å². The Morgan fingerprint density at radius 1 is 0.939 bits per heavy atom. The van der Waals surface area contributed by atoms with Crippen molar-refractivity contribution >= 4 is 11.5 Å². The molecule has 4 heteroatoms. The summed E-state index contributed by atoms with van der Waals surface area (Å²) in [6.45, 7) is 0.873. The molecule has 0 spiro atoms. The Morgan fingerprint density at radius 3 is 2.45 bits per heavy atom. The highest BCUT2D eigenvalue weighted by Crippen LogP contribution is 2.60. The second-order valence-electron chi connectivity index (χ2n) is 9.55. The van der Waals surface area contributed by atoms with E-state index in [1.165, 1.54) is 22.3 Å². The van der Waals surface area contributed by atoms with Gasteiger partial charge < -0.3 is 14.4 Å². The van der Waals surface area contributed by atoms with E-state index >= 15 is 0 Å². The fourth-order valence-corrected chi connectivity index (χ4v) is 6.68. The van der Waals surface area contributed by atoms with Gasteiger partial charge in [0.25, 0.3) is 5.91 Å². The molecule has 0 aromatic heterocycles. The van der Waals surface area contributed by atoms with Crippen LogP contribution in [0.2, 0.25) is 0 Å². The number of carbonyl (C=O) groups is 1. The van der Waals surface area contributed by atoms with Gasteiger partial charge in [0.2, 0.25) is 6.79 Å². The second kappa shape index (κ2) is 6.98. The summed E-state index contributed by atoms with van der Waals surface area (Å²) < 4.78 is 11.4. The van der Waals surface area contributed by atoms with Crippen molar-refractivity contribution in [2.45, 2.75) is 43.7 Å². The first-order chi connectivity index (χ1) is 16.3. The van der Waals surface area contributed by atoms with Gasteiger partial charge in [-0.05, 0) is 59.2 Å². The minimum Gasteiger partial charge on any atom is -0.454 e. The third-order valence-corrected chi connectivity index (χ3v) is 7.98. The molecule has 2 atom stereocenters. The molecule has 1 amide bonds. The fourth-order valence-electron chi connectivity index (χ4n) is 6.68. The molecule has 3 aliphatic heterocycles. The van der Waals surface area contributed by atoms with E-state index in [2.05, 4.69) is 59.5 Å². The van der Waals surface area contributed by atoms with Crippen LogP contribution in [0.5, 0.6) is 11.5 Å². The number of ether oxygens (including phenoxy) is 2. The van der Waals surface area contributed by atoms with Crippen molar-refractivity contribution < 1.29 is 14.3 Å². The molecule has 7 rings (SSSR count). The molecule has 0 saturated heterocycles. The molecule has 3 aromatic rings. The highest BCUT2D eigenvalue weighted by molar-refractivity contribution is 6.24. The quantitative estimate of drug-likeness (QED) is 0.547. The summed E-state index contributed by atoms with van der Waals surface area (Å²) in [5.41, 5.74) is 6.74. The second-order valence-corrected chi connectivity index (χ2v) is 9.55. The van der Waals surface area contributed by atoms with Crippen molar-refractivity contribution in [1.29, 1.82) is 0 Å². The van der Waals surface area contributed by atoms with E-state index < -0.39 is 0 Å². The number of amides is 1. The Kier molecular flexibility index (Phi) is 4.02. The molecule has 3 heterocycles. The predicted molar refractivity (Wildman–Crippen MR) is 126 cm³/mol. The summed E-state index contributed by atoms with van der Waals surface area (Å²) in [5, 5.41) is 0. The SMILES string of the molecule is O=C1C(c2ccccc2)=C2CCCC3c4cc5c(cc4CN1C23Cc1ccccc1)OCO5. The maximum atomic E-state index is 14.1. The van der Waals surface area contributed by atoms with Gasteiger partial charge in [-0.3, -0.25) is 4.79 Å². The number of benzene rings is 3. The molecule has 164 valence electrons. The molecule has 4 nitrogen and oxygen atoms in total. The highest BCUT2D eigenvalue weighted by atomic mass is 16.7. The molecular formula is C29H25NO3. The molecule has 1 fully saturated rings. The van der Waals surface area contributed by atoms with Crippen LogP contribution in [0.25, 0.3) is 5.57 Å². The largest absolute Gasteiger partial charge is 0.454 e. The van der Waals surface area contributed by atoms with Crippen LogP contribution in [0.4, 0.5) is 0 Å². The fraction of sp³-hybridized carbons (Fsp3) is 0.276. The number of hydrogen-bond acceptors (Lipinski definition) is 3. The molecule has 0 radical (unpaired) electrons. The zero-order valence-corrected chi connectivity index (χ0v) is 18.4. The summed E-state index contributed by atoms with van der Waals surface area (Å²) in [6, 6.07) is 25.2. The van der Waals surface area contributed by atoms with Crippen LogP contribution in [-0.4, -0.2) is 23.1 Å². The zero-order valence-electron chi connectivity index (χ0n) is 18.4. The van der Waals surface area contributed by atoms with Crippen LogP contribution >= 0.6 is 0 Å². The first-order valence-electron chi connectivity index (χ1n) is 11.8. The Hall–Kier alpha value is -3.53.